The van der Waals surface area contributed by atoms with Gasteiger partial charge in [0.15, 0.2) is 17.5 Å². The fourth-order valence-corrected chi connectivity index (χ4v) is 4.56. The maximum absolute atomic E-state index is 15.0. The zero-order valence-electron chi connectivity index (χ0n) is 17.9. The predicted octanol–water partition coefficient (Wildman–Crippen LogP) is 0.814. The van der Waals surface area contributed by atoms with Gasteiger partial charge in [-0.15, -0.1) is 0 Å². The normalized spacial score (nSPS) is 28.1. The Kier molecular flexibility index (Phi) is 8.42. The average Bonchev–Trinajstić information content (AvgIpc) is 2.89. The number of aliphatic hydroxyl groups is 1. The number of alkyl halides is 1. The van der Waals surface area contributed by atoms with Crippen LogP contribution >= 0.6 is 19.5 Å². The number of rotatable bonds is 9. The quantitative estimate of drug-likeness (QED) is 0.383. The van der Waals surface area contributed by atoms with Crippen molar-refractivity contribution >= 4 is 24.6 Å². The molecule has 1 aliphatic heterocycles. The number of carbonyl (C=O) groups is 1. The van der Waals surface area contributed by atoms with E-state index in [0.29, 0.717) is 0 Å². The second-order valence-corrected chi connectivity index (χ2v) is 10.9. The summed E-state index contributed by atoms with van der Waals surface area (Å²) in [5, 5.41) is 10.5. The number of H-pyrrole nitrogens is 1. The average molecular weight is 483 g/mol. The Hall–Kier alpha value is -1.34. The summed E-state index contributed by atoms with van der Waals surface area (Å²) in [6, 6.07) is 0. The van der Waals surface area contributed by atoms with Crippen molar-refractivity contribution < 1.29 is 32.6 Å². The van der Waals surface area contributed by atoms with Crippen molar-refractivity contribution in [2.75, 3.05) is 33.1 Å². The first-order chi connectivity index (χ1) is 14.3. The molecule has 1 aromatic rings. The van der Waals surface area contributed by atoms with Crippen molar-refractivity contribution in [3.63, 3.8) is 0 Å². The van der Waals surface area contributed by atoms with Gasteiger partial charge in [0.25, 0.3) is 5.56 Å². The number of nitrogens with one attached hydrogen (secondary N) is 1. The maximum Gasteiger partial charge on any atom is 0.407 e. The Morgan fingerprint density at radius 1 is 1.45 bits per heavy atom. The molecule has 2 heterocycles. The van der Waals surface area contributed by atoms with E-state index in [0.717, 1.165) is 22.5 Å². The summed E-state index contributed by atoms with van der Waals surface area (Å²) in [4.78, 5) is 36.7. The van der Waals surface area contributed by atoms with Crippen LogP contribution in [0.3, 0.4) is 0 Å². The van der Waals surface area contributed by atoms with Gasteiger partial charge in [0.05, 0.1) is 13.2 Å². The van der Waals surface area contributed by atoms with E-state index in [4.69, 9.17) is 13.8 Å². The third kappa shape index (κ3) is 5.92. The summed E-state index contributed by atoms with van der Waals surface area (Å²) in [6.07, 6.45) is -3.73. The number of hydrogen-bond donors (Lipinski definition) is 2. The molecule has 1 aliphatic rings. The number of ether oxygens (including phenoxy) is 1. The van der Waals surface area contributed by atoms with Crippen LogP contribution in [-0.4, -0.2) is 75.4 Å². The fraction of sp³-hybridized carbons (Fsp3) is 0.706. The molecule has 0 bridgehead atoms. The van der Waals surface area contributed by atoms with Crippen LogP contribution in [-0.2, 0) is 23.1 Å². The zero-order chi connectivity index (χ0) is 23.6. The Morgan fingerprint density at radius 3 is 2.68 bits per heavy atom. The van der Waals surface area contributed by atoms with Gasteiger partial charge in [0.1, 0.15) is 11.7 Å². The first kappa shape index (κ1) is 25.9. The third-order valence-corrected chi connectivity index (χ3v) is 7.45. The van der Waals surface area contributed by atoms with Gasteiger partial charge in [-0.1, -0.05) is 11.8 Å². The van der Waals surface area contributed by atoms with Crippen LogP contribution in [0.1, 0.15) is 25.6 Å². The smallest absolute Gasteiger partial charge is 0.384 e. The monoisotopic (exact) mass is 483 g/mol. The van der Waals surface area contributed by atoms with Crippen LogP contribution in [0.5, 0.6) is 0 Å². The number of aromatic nitrogens is 2. The Balaban J connectivity index is 2.14. The lowest BCUT2D eigenvalue weighted by Crippen LogP contribution is -2.45. The standard InChI is InChI=1S/C17H27FN3O8PS/c1-10-8-21(16(24)19-14(10)23)15-13(18)17(3,25)12(29-15)9-28-30(26,20(4)5)27-6-7-31-11(2)22/h8,12-13,15,25H,6-7,9H2,1-5H3,(H,19,23,24)/t12-,13?,15+,17+,30?/m1/s1. The first-order valence-corrected chi connectivity index (χ1v) is 11.8. The van der Waals surface area contributed by atoms with Crippen LogP contribution in [0, 0.1) is 6.92 Å². The molecule has 2 N–H and O–H groups in total. The second kappa shape index (κ2) is 10.1. The first-order valence-electron chi connectivity index (χ1n) is 9.34. The van der Waals surface area contributed by atoms with Gasteiger partial charge >= 0.3 is 13.4 Å². The highest BCUT2D eigenvalue weighted by molar-refractivity contribution is 8.13. The topological polar surface area (TPSA) is 140 Å². The van der Waals surface area contributed by atoms with E-state index in [9.17, 15) is 28.4 Å². The van der Waals surface area contributed by atoms with Crippen molar-refractivity contribution in [1.82, 2.24) is 14.2 Å². The van der Waals surface area contributed by atoms with E-state index < -0.39 is 49.7 Å². The number of carbonyl (C=O) groups excluding carboxylic acids is 1. The molecule has 11 nitrogen and oxygen atoms in total. The summed E-state index contributed by atoms with van der Waals surface area (Å²) < 4.78 is 46.2. The van der Waals surface area contributed by atoms with Gasteiger partial charge in [0, 0.05) is 24.4 Å². The van der Waals surface area contributed by atoms with Crippen LogP contribution in [0.15, 0.2) is 15.8 Å². The van der Waals surface area contributed by atoms with E-state index in [2.05, 4.69) is 0 Å². The zero-order valence-corrected chi connectivity index (χ0v) is 19.6. The molecule has 5 atom stereocenters. The second-order valence-electron chi connectivity index (χ2n) is 7.41. The molecule has 1 fully saturated rings. The van der Waals surface area contributed by atoms with Crippen LogP contribution in [0.2, 0.25) is 0 Å². The molecule has 0 spiro atoms. The molecular weight excluding hydrogens is 456 g/mol. The predicted molar refractivity (Wildman–Crippen MR) is 112 cm³/mol. The molecule has 0 aliphatic carbocycles. The van der Waals surface area contributed by atoms with Gasteiger partial charge in [-0.3, -0.25) is 28.2 Å². The number of aryl methyl sites for hydroxylation is 1. The number of hydrogen-bond acceptors (Lipinski definition) is 9. The molecule has 0 saturated carbocycles. The molecule has 2 unspecified atom stereocenters. The lowest BCUT2D eigenvalue weighted by atomic mass is 9.96. The summed E-state index contributed by atoms with van der Waals surface area (Å²) in [7, 11) is -0.908. The van der Waals surface area contributed by atoms with Crippen LogP contribution in [0.25, 0.3) is 0 Å². The lowest BCUT2D eigenvalue weighted by molar-refractivity contribution is -0.109. The van der Waals surface area contributed by atoms with E-state index in [1.54, 1.807) is 0 Å². The fourth-order valence-electron chi connectivity index (χ4n) is 2.80. The summed E-state index contributed by atoms with van der Waals surface area (Å²) in [6.45, 7) is 3.45. The third-order valence-electron chi connectivity index (χ3n) is 4.71. The van der Waals surface area contributed by atoms with E-state index in [1.165, 1.54) is 39.5 Å². The van der Waals surface area contributed by atoms with Crippen LogP contribution in [0.4, 0.5) is 4.39 Å². The highest BCUT2D eigenvalue weighted by Gasteiger charge is 2.55. The SMILES string of the molecule is CC(=O)SCCOP(=O)(OC[C@H]1O[C@H](n2cc(C)c(=O)[nH]c2=O)C(F)[C@@]1(C)O)N(C)C. The molecule has 1 aromatic heterocycles. The van der Waals surface area contributed by atoms with Gasteiger partial charge in [-0.05, 0) is 27.9 Å². The van der Waals surface area contributed by atoms with Gasteiger partial charge in [0.2, 0.25) is 0 Å². The van der Waals surface area contributed by atoms with Crippen LogP contribution < -0.4 is 11.2 Å². The Labute approximate surface area is 182 Å². The van der Waals surface area contributed by atoms with Crippen molar-refractivity contribution in [2.24, 2.45) is 0 Å². The summed E-state index contributed by atoms with van der Waals surface area (Å²) in [5.41, 5.74) is -3.45. The molecule has 31 heavy (non-hydrogen) atoms. The van der Waals surface area contributed by atoms with Crippen molar-refractivity contribution in [1.29, 1.82) is 0 Å². The van der Waals surface area contributed by atoms with Crippen molar-refractivity contribution in [3.05, 3.63) is 32.6 Å². The molecule has 0 aromatic carbocycles. The maximum atomic E-state index is 15.0. The summed E-state index contributed by atoms with van der Waals surface area (Å²) >= 11 is 0.998. The Bertz CT molecular complexity index is 965. The number of nitrogens with zero attached hydrogens (tertiary/aromatic N) is 2. The number of aromatic amines is 1. The molecule has 2 rings (SSSR count). The minimum absolute atomic E-state index is 0.0397. The molecule has 14 heteroatoms. The minimum Gasteiger partial charge on any atom is -0.384 e. The van der Waals surface area contributed by atoms with Crippen molar-refractivity contribution in [3.8, 4) is 0 Å². The van der Waals surface area contributed by atoms with E-state index >= 15 is 0 Å². The molecule has 176 valence electrons. The molecular formula is C17H27FN3O8PS. The largest absolute Gasteiger partial charge is 0.407 e. The highest BCUT2D eigenvalue weighted by atomic mass is 32.2. The lowest BCUT2D eigenvalue weighted by Gasteiger charge is -2.28. The van der Waals surface area contributed by atoms with E-state index in [-0.39, 0.29) is 23.0 Å². The Morgan fingerprint density at radius 2 is 2.10 bits per heavy atom. The van der Waals surface area contributed by atoms with Gasteiger partial charge in [-0.25, -0.2) is 18.4 Å². The minimum atomic E-state index is -3.82. The van der Waals surface area contributed by atoms with E-state index in [1.807, 2.05) is 4.98 Å². The molecule has 0 amide bonds. The van der Waals surface area contributed by atoms with Crippen molar-refractivity contribution in [2.45, 2.75) is 44.9 Å². The molecule has 0 radical (unpaired) electrons. The highest BCUT2D eigenvalue weighted by Crippen LogP contribution is 2.51. The van der Waals surface area contributed by atoms with Gasteiger partial charge < -0.3 is 9.84 Å². The number of halogens is 1. The molecule has 1 saturated heterocycles. The number of thioether (sulfide) groups is 1. The van der Waals surface area contributed by atoms with Gasteiger partial charge in [-0.2, -0.15) is 0 Å². The summed E-state index contributed by atoms with van der Waals surface area (Å²) in [5.74, 6) is 0.261.